The van der Waals surface area contributed by atoms with Gasteiger partial charge < -0.3 is 23.8 Å². The van der Waals surface area contributed by atoms with Crippen LogP contribution in [0.2, 0.25) is 0 Å². The van der Waals surface area contributed by atoms with Crippen molar-refractivity contribution >= 4 is 33.8 Å². The molecule has 0 spiro atoms. The van der Waals surface area contributed by atoms with Crippen LogP contribution in [0.3, 0.4) is 0 Å². The average molecular weight is 666 g/mol. The highest BCUT2D eigenvalue weighted by Gasteiger charge is 2.41. The standard InChI is InChI=1S/C35H33F2N9O3/c1-4-48-24-16-43(3)35(47)31-14-23(49-22-10-11-38-29(13-22)25-6-5-7-28-32(25)44(18-24)20(2)42-28)17-45(31)33-26-15-41-46(34(26)40-19-39-33)30-9-8-21(36)12-27(30)37/h5-13,15,19,23-24,31H,4,14,16-18H2,1-3H3/t23-,24?,31-/m0/s1. The highest BCUT2D eigenvalue weighted by atomic mass is 19.1. The van der Waals surface area contributed by atoms with E-state index in [0.29, 0.717) is 55.3 Å². The van der Waals surface area contributed by atoms with E-state index < -0.39 is 17.7 Å². The van der Waals surface area contributed by atoms with Gasteiger partial charge in [-0.05, 0) is 38.1 Å². The maximum Gasteiger partial charge on any atom is 0.245 e. The van der Waals surface area contributed by atoms with Crippen molar-refractivity contribution in [1.82, 2.24) is 39.2 Å². The molecule has 8 rings (SSSR count). The summed E-state index contributed by atoms with van der Waals surface area (Å²) in [5.74, 6) is 0.302. The molecule has 1 amide bonds. The van der Waals surface area contributed by atoms with E-state index in [4.69, 9.17) is 19.4 Å². The smallest absolute Gasteiger partial charge is 0.245 e. The van der Waals surface area contributed by atoms with Crippen molar-refractivity contribution in [1.29, 1.82) is 0 Å². The van der Waals surface area contributed by atoms with Crippen molar-refractivity contribution in [2.24, 2.45) is 0 Å². The lowest BCUT2D eigenvalue weighted by molar-refractivity contribution is -0.133. The van der Waals surface area contributed by atoms with Crippen LogP contribution in [-0.2, 0) is 16.1 Å². The molecule has 0 aliphatic carbocycles. The number of aromatic nitrogens is 7. The van der Waals surface area contributed by atoms with E-state index in [1.807, 2.05) is 49.1 Å². The summed E-state index contributed by atoms with van der Waals surface area (Å²) in [6.45, 7) is 5.52. The molecule has 14 heteroatoms. The van der Waals surface area contributed by atoms with Crippen molar-refractivity contribution in [3.05, 3.63) is 84.7 Å². The number of fused-ring (bicyclic) bond motifs is 6. The minimum absolute atomic E-state index is 0.0416. The third-order valence-corrected chi connectivity index (χ3v) is 9.21. The van der Waals surface area contributed by atoms with E-state index in [1.165, 1.54) is 23.3 Å². The normalized spacial score (nSPS) is 19.7. The first-order chi connectivity index (χ1) is 23.8. The number of halogens is 2. The zero-order valence-electron chi connectivity index (χ0n) is 27.1. The van der Waals surface area contributed by atoms with E-state index in [-0.39, 0.29) is 23.8 Å². The lowest BCUT2D eigenvalue weighted by Gasteiger charge is -2.31. The number of anilines is 1. The van der Waals surface area contributed by atoms with Crippen LogP contribution in [0.5, 0.6) is 5.75 Å². The number of carbonyl (C=O) groups is 1. The van der Waals surface area contributed by atoms with Gasteiger partial charge in [-0.3, -0.25) is 9.78 Å². The summed E-state index contributed by atoms with van der Waals surface area (Å²) in [6.07, 6.45) is 4.27. The number of aryl methyl sites for hydroxylation is 1. The molecule has 1 unspecified atom stereocenters. The summed E-state index contributed by atoms with van der Waals surface area (Å²) in [5.41, 5.74) is 3.81. The number of likely N-dealkylation sites (N-methyl/N-ethyl adjacent to an activating group) is 1. The average Bonchev–Trinajstić information content (AvgIpc) is 3.79. The quantitative estimate of drug-likeness (QED) is 0.264. The third kappa shape index (κ3) is 5.41. The number of benzene rings is 2. The molecule has 0 N–H and O–H groups in total. The van der Waals surface area contributed by atoms with Crippen LogP contribution in [0.1, 0.15) is 19.2 Å². The Morgan fingerprint density at radius 2 is 1.92 bits per heavy atom. The predicted molar refractivity (Wildman–Crippen MR) is 177 cm³/mol. The molecule has 6 heterocycles. The summed E-state index contributed by atoms with van der Waals surface area (Å²) in [7, 11) is 1.78. The van der Waals surface area contributed by atoms with Crippen molar-refractivity contribution in [2.75, 3.05) is 31.6 Å². The first-order valence-corrected chi connectivity index (χ1v) is 16.1. The zero-order valence-corrected chi connectivity index (χ0v) is 27.1. The molecular weight excluding hydrogens is 632 g/mol. The number of hydrogen-bond donors (Lipinski definition) is 0. The molecule has 4 aromatic heterocycles. The minimum atomic E-state index is -0.780. The van der Waals surface area contributed by atoms with Crippen LogP contribution in [0, 0.1) is 18.6 Å². The zero-order chi connectivity index (χ0) is 33.8. The molecule has 2 aliphatic heterocycles. The van der Waals surface area contributed by atoms with Crippen LogP contribution in [-0.4, -0.2) is 90.1 Å². The number of ether oxygens (including phenoxy) is 2. The fourth-order valence-electron chi connectivity index (χ4n) is 7.05. The monoisotopic (exact) mass is 665 g/mol. The van der Waals surface area contributed by atoms with E-state index in [2.05, 4.69) is 19.6 Å². The lowest BCUT2D eigenvalue weighted by atomic mass is 10.1. The van der Waals surface area contributed by atoms with Gasteiger partial charge in [-0.1, -0.05) is 12.1 Å². The van der Waals surface area contributed by atoms with Crippen molar-refractivity contribution in [3.63, 3.8) is 0 Å². The van der Waals surface area contributed by atoms with Gasteiger partial charge in [0.2, 0.25) is 5.91 Å². The fraction of sp³-hybridized carbons (Fsp3) is 0.314. The SMILES string of the molecule is CCOC1CN(C)C(=O)[C@@H]2C[C@@H](CN2c2ncnc3c2cnn3-c2ccc(F)cc2F)Oc2ccnc(c2)-c2cccc3nc(C)n(c23)C1. The number of pyridine rings is 1. The van der Waals surface area contributed by atoms with Gasteiger partial charge in [0.15, 0.2) is 11.5 Å². The van der Waals surface area contributed by atoms with Gasteiger partial charge in [0.25, 0.3) is 0 Å². The molecule has 49 heavy (non-hydrogen) atoms. The van der Waals surface area contributed by atoms with E-state index in [1.54, 1.807) is 18.1 Å². The second-order valence-electron chi connectivity index (χ2n) is 12.3. The fourth-order valence-corrected chi connectivity index (χ4v) is 7.05. The topological polar surface area (TPSA) is 116 Å². The van der Waals surface area contributed by atoms with E-state index >= 15 is 0 Å². The molecule has 6 aromatic rings. The third-order valence-electron chi connectivity index (χ3n) is 9.21. The molecule has 1 fully saturated rings. The molecule has 12 nitrogen and oxygen atoms in total. The van der Waals surface area contributed by atoms with Gasteiger partial charge in [0.1, 0.15) is 47.4 Å². The van der Waals surface area contributed by atoms with Crippen LogP contribution >= 0.6 is 0 Å². The van der Waals surface area contributed by atoms with Gasteiger partial charge in [-0.25, -0.2) is 28.4 Å². The Balaban J connectivity index is 1.22. The molecule has 2 aliphatic rings. The first kappa shape index (κ1) is 30.8. The summed E-state index contributed by atoms with van der Waals surface area (Å²) in [5, 5.41) is 4.89. The summed E-state index contributed by atoms with van der Waals surface area (Å²) in [6, 6.07) is 12.3. The van der Waals surface area contributed by atoms with Crippen molar-refractivity contribution in [3.8, 4) is 22.7 Å². The first-order valence-electron chi connectivity index (χ1n) is 16.1. The largest absolute Gasteiger partial charge is 0.488 e. The molecule has 4 bridgehead atoms. The molecule has 2 aromatic carbocycles. The number of nitrogens with zero attached hydrogens (tertiary/aromatic N) is 9. The molecule has 3 atom stereocenters. The highest BCUT2D eigenvalue weighted by molar-refractivity contribution is 5.93. The second-order valence-corrected chi connectivity index (χ2v) is 12.3. The van der Waals surface area contributed by atoms with Crippen LogP contribution in [0.25, 0.3) is 39.0 Å². The molecule has 250 valence electrons. The van der Waals surface area contributed by atoms with Gasteiger partial charge in [0, 0.05) is 50.5 Å². The van der Waals surface area contributed by atoms with Crippen molar-refractivity contribution < 1.29 is 23.0 Å². The number of rotatable bonds is 4. The number of amides is 1. The summed E-state index contributed by atoms with van der Waals surface area (Å²) in [4.78, 5) is 36.5. The van der Waals surface area contributed by atoms with Gasteiger partial charge in [-0.2, -0.15) is 5.10 Å². The minimum Gasteiger partial charge on any atom is -0.488 e. The van der Waals surface area contributed by atoms with Gasteiger partial charge in [-0.15, -0.1) is 0 Å². The van der Waals surface area contributed by atoms with Gasteiger partial charge in [0.05, 0.1) is 47.5 Å². The second kappa shape index (κ2) is 12.2. The highest BCUT2D eigenvalue weighted by Crippen LogP contribution is 2.35. The maximum atomic E-state index is 14.8. The molecule has 1 saturated heterocycles. The Bertz CT molecular complexity index is 2220. The summed E-state index contributed by atoms with van der Waals surface area (Å²) < 4.78 is 44.7. The lowest BCUT2D eigenvalue weighted by Crippen LogP contribution is -2.47. The Morgan fingerprint density at radius 3 is 2.76 bits per heavy atom. The Hall–Kier alpha value is -5.50. The predicted octanol–water partition coefficient (Wildman–Crippen LogP) is 4.72. The molecule has 0 radical (unpaired) electrons. The van der Waals surface area contributed by atoms with Crippen LogP contribution < -0.4 is 9.64 Å². The van der Waals surface area contributed by atoms with Crippen molar-refractivity contribution in [2.45, 2.75) is 45.1 Å². The van der Waals surface area contributed by atoms with Gasteiger partial charge >= 0.3 is 0 Å². The van der Waals surface area contributed by atoms with Crippen LogP contribution in [0.15, 0.2) is 67.3 Å². The summed E-state index contributed by atoms with van der Waals surface area (Å²) >= 11 is 0. The maximum absolute atomic E-state index is 14.8. The number of para-hydroxylation sites is 1. The molecular formula is C35H33F2N9O3. The van der Waals surface area contributed by atoms with E-state index in [9.17, 15) is 13.6 Å². The van der Waals surface area contributed by atoms with Crippen LogP contribution in [0.4, 0.5) is 14.6 Å². The number of imidazole rings is 1. The number of carbonyl (C=O) groups excluding carboxylic acids is 1. The number of hydrogen-bond acceptors (Lipinski definition) is 9. The molecule has 0 saturated carbocycles. The Morgan fingerprint density at radius 1 is 1.04 bits per heavy atom. The van der Waals surface area contributed by atoms with E-state index in [0.717, 1.165) is 40.2 Å². The Kier molecular flexibility index (Phi) is 7.66. The Labute approximate surface area is 279 Å².